The van der Waals surface area contributed by atoms with Gasteiger partial charge in [0.25, 0.3) is 23.6 Å². The minimum absolute atomic E-state index is 0.240. The third-order valence-corrected chi connectivity index (χ3v) is 9.32. The van der Waals surface area contributed by atoms with Crippen LogP contribution in [0.5, 0.6) is 0 Å². The fourth-order valence-corrected chi connectivity index (χ4v) is 7.21. The molecule has 43 heavy (non-hydrogen) atoms. The fraction of sp³-hybridized carbons (Fsp3) is 0.257. The fourth-order valence-electron chi connectivity index (χ4n) is 7.21. The first kappa shape index (κ1) is 26.6. The van der Waals surface area contributed by atoms with Gasteiger partial charge in [0.15, 0.2) is 0 Å². The van der Waals surface area contributed by atoms with Gasteiger partial charge in [-0.25, -0.2) is 0 Å². The number of hydrogen-bond acceptors (Lipinski definition) is 6. The van der Waals surface area contributed by atoms with Crippen molar-refractivity contribution in [2.24, 2.45) is 0 Å². The minimum Gasteiger partial charge on any atom is -0.272 e. The maximum absolute atomic E-state index is 13.9. The van der Waals surface area contributed by atoms with Crippen molar-refractivity contribution in [3.63, 3.8) is 0 Å². The van der Waals surface area contributed by atoms with Crippen LogP contribution < -0.4 is 0 Å². The van der Waals surface area contributed by atoms with Gasteiger partial charge in [0, 0.05) is 55.5 Å². The highest BCUT2D eigenvalue weighted by molar-refractivity contribution is 6.42. The van der Waals surface area contributed by atoms with E-state index in [1.807, 2.05) is 27.7 Å². The quantitative estimate of drug-likeness (QED) is 0.133. The SMILES string of the molecule is CCCC(C)N1C(=O)c2ccc3c4c(C#N)cc5c6c(ccc(c7c(C#N)cc(c2c37)C1=O)c64)C(=O)N(C(C)CC)C5=O. The number of nitriles is 2. The van der Waals surface area contributed by atoms with Crippen molar-refractivity contribution in [3.8, 4) is 12.1 Å². The summed E-state index contributed by atoms with van der Waals surface area (Å²) in [4.78, 5) is 57.7. The number of benzene rings is 5. The molecule has 5 aromatic carbocycles. The van der Waals surface area contributed by atoms with Crippen molar-refractivity contribution in [3.05, 3.63) is 69.8 Å². The molecule has 0 bridgehead atoms. The second-order valence-electron chi connectivity index (χ2n) is 11.6. The average molecular weight is 567 g/mol. The molecule has 8 nitrogen and oxygen atoms in total. The van der Waals surface area contributed by atoms with Gasteiger partial charge in [-0.1, -0.05) is 32.4 Å². The van der Waals surface area contributed by atoms with E-state index in [0.29, 0.717) is 67.1 Å². The van der Waals surface area contributed by atoms with Crippen LogP contribution in [0.25, 0.3) is 43.1 Å². The van der Waals surface area contributed by atoms with Gasteiger partial charge in [0.05, 0.1) is 34.4 Å². The molecule has 0 radical (unpaired) electrons. The molecule has 4 amide bonds. The summed E-state index contributed by atoms with van der Waals surface area (Å²) in [6, 6.07) is 13.8. The Morgan fingerprint density at radius 3 is 1.42 bits per heavy atom. The van der Waals surface area contributed by atoms with Crippen molar-refractivity contribution in [2.75, 3.05) is 0 Å². The maximum atomic E-state index is 13.9. The molecule has 2 heterocycles. The topological polar surface area (TPSA) is 122 Å². The highest BCUT2D eigenvalue weighted by atomic mass is 16.2. The zero-order chi connectivity index (χ0) is 30.5. The van der Waals surface area contributed by atoms with Crippen LogP contribution in [0, 0.1) is 22.7 Å². The zero-order valence-electron chi connectivity index (χ0n) is 24.2. The van der Waals surface area contributed by atoms with Crippen molar-refractivity contribution in [2.45, 2.75) is 59.0 Å². The molecule has 0 saturated carbocycles. The second kappa shape index (κ2) is 9.08. The number of hydrogen-bond donors (Lipinski definition) is 0. The first-order valence-electron chi connectivity index (χ1n) is 14.5. The van der Waals surface area contributed by atoms with Gasteiger partial charge >= 0.3 is 0 Å². The van der Waals surface area contributed by atoms with E-state index >= 15 is 0 Å². The van der Waals surface area contributed by atoms with E-state index in [-0.39, 0.29) is 34.3 Å². The zero-order valence-corrected chi connectivity index (χ0v) is 24.2. The molecule has 2 unspecified atom stereocenters. The molecular weight excluding hydrogens is 540 g/mol. The van der Waals surface area contributed by atoms with Crippen molar-refractivity contribution >= 4 is 66.7 Å². The molecule has 0 saturated heterocycles. The summed E-state index contributed by atoms with van der Waals surface area (Å²) in [5, 5.41) is 25.0. The molecule has 5 aromatic rings. The molecule has 0 N–H and O–H groups in total. The van der Waals surface area contributed by atoms with Crippen LogP contribution in [-0.2, 0) is 0 Å². The lowest BCUT2D eigenvalue weighted by Crippen LogP contribution is -2.46. The van der Waals surface area contributed by atoms with E-state index in [1.165, 1.54) is 9.80 Å². The van der Waals surface area contributed by atoms with Crippen LogP contribution in [0.1, 0.15) is 99.5 Å². The first-order valence-corrected chi connectivity index (χ1v) is 14.5. The van der Waals surface area contributed by atoms with E-state index in [4.69, 9.17) is 0 Å². The van der Waals surface area contributed by atoms with Gasteiger partial charge in [-0.2, -0.15) is 10.5 Å². The molecule has 210 valence electrons. The molecule has 7 rings (SSSR count). The lowest BCUT2D eigenvalue weighted by Gasteiger charge is -2.34. The summed E-state index contributed by atoms with van der Waals surface area (Å²) in [7, 11) is 0. The number of amides is 4. The van der Waals surface area contributed by atoms with Crippen LogP contribution in [0.15, 0.2) is 36.4 Å². The lowest BCUT2D eigenvalue weighted by molar-refractivity contribution is 0.0530. The third-order valence-electron chi connectivity index (χ3n) is 9.32. The monoisotopic (exact) mass is 566 g/mol. The van der Waals surface area contributed by atoms with Crippen molar-refractivity contribution < 1.29 is 19.2 Å². The Labute approximate surface area is 247 Å². The molecule has 0 aliphatic carbocycles. The number of carbonyl (C=O) groups excluding carboxylic acids is 4. The highest BCUT2D eigenvalue weighted by Gasteiger charge is 2.40. The van der Waals surface area contributed by atoms with E-state index in [9.17, 15) is 29.7 Å². The van der Waals surface area contributed by atoms with E-state index in [1.54, 1.807) is 36.4 Å². The van der Waals surface area contributed by atoms with Crippen LogP contribution in [-0.4, -0.2) is 45.5 Å². The van der Waals surface area contributed by atoms with E-state index < -0.39 is 23.6 Å². The number of carbonyl (C=O) groups is 4. The van der Waals surface area contributed by atoms with Gasteiger partial charge in [0.2, 0.25) is 0 Å². The summed E-state index contributed by atoms with van der Waals surface area (Å²) in [5.74, 6) is -1.70. The number of imide groups is 2. The van der Waals surface area contributed by atoms with Crippen LogP contribution in [0.3, 0.4) is 0 Å². The van der Waals surface area contributed by atoms with Gasteiger partial charge < -0.3 is 0 Å². The van der Waals surface area contributed by atoms with E-state index in [0.717, 1.165) is 6.42 Å². The van der Waals surface area contributed by atoms with Crippen molar-refractivity contribution in [1.29, 1.82) is 10.5 Å². The predicted octanol–water partition coefficient (Wildman–Crippen LogP) is 6.66. The lowest BCUT2D eigenvalue weighted by atomic mass is 9.79. The Balaban J connectivity index is 1.68. The maximum Gasteiger partial charge on any atom is 0.261 e. The Morgan fingerprint density at radius 1 is 0.605 bits per heavy atom. The van der Waals surface area contributed by atoms with Gasteiger partial charge in [-0.3, -0.25) is 29.0 Å². The van der Waals surface area contributed by atoms with Crippen LogP contribution >= 0.6 is 0 Å². The van der Waals surface area contributed by atoms with Gasteiger partial charge in [0.1, 0.15) is 0 Å². The Morgan fingerprint density at radius 2 is 1.02 bits per heavy atom. The van der Waals surface area contributed by atoms with Crippen LogP contribution in [0.2, 0.25) is 0 Å². The second-order valence-corrected chi connectivity index (χ2v) is 11.6. The Bertz CT molecular complexity index is 2240. The summed E-state index contributed by atoms with van der Waals surface area (Å²) < 4.78 is 0. The minimum atomic E-state index is -0.457. The number of nitrogens with zero attached hydrogens (tertiary/aromatic N) is 4. The summed E-state index contributed by atoms with van der Waals surface area (Å²) in [6.07, 6.45) is 2.02. The standard InChI is InChI=1S/C35H26N4O4/c1-5-7-17(4)39-33(41)23-11-9-21-26-18(14-36)12-24-28-22(32(40)38(34(24)42)16(3)6-2)10-8-20(30(26)28)27-19(15-37)13-25(35(39)43)29(23)31(21)27/h8-13,16-17H,5-7H2,1-4H3. The van der Waals surface area contributed by atoms with Crippen molar-refractivity contribution in [1.82, 2.24) is 9.80 Å². The van der Waals surface area contributed by atoms with E-state index in [2.05, 4.69) is 12.1 Å². The third kappa shape index (κ3) is 3.18. The Hall–Kier alpha value is -5.34. The molecule has 2 aliphatic heterocycles. The molecule has 0 spiro atoms. The molecule has 2 aliphatic rings. The molecule has 2 atom stereocenters. The molecular formula is C35H26N4O4. The molecule has 8 heteroatoms. The summed E-state index contributed by atoms with van der Waals surface area (Å²) >= 11 is 0. The average Bonchev–Trinajstić information content (AvgIpc) is 3.01. The smallest absolute Gasteiger partial charge is 0.261 e. The Kier molecular flexibility index (Phi) is 5.61. The largest absolute Gasteiger partial charge is 0.272 e. The van der Waals surface area contributed by atoms with Gasteiger partial charge in [-0.05, 0) is 61.7 Å². The summed E-state index contributed by atoms with van der Waals surface area (Å²) in [5.41, 5.74) is 1.75. The predicted molar refractivity (Wildman–Crippen MR) is 162 cm³/mol. The number of fused-ring (bicyclic) bond motifs is 2. The first-order chi connectivity index (χ1) is 20.7. The normalized spacial score (nSPS) is 16.0. The summed E-state index contributed by atoms with van der Waals surface area (Å²) in [6.45, 7) is 7.56. The van der Waals surface area contributed by atoms with Crippen LogP contribution in [0.4, 0.5) is 0 Å². The number of rotatable bonds is 5. The molecule has 0 fully saturated rings. The highest BCUT2D eigenvalue weighted by Crippen LogP contribution is 2.48. The van der Waals surface area contributed by atoms with Gasteiger partial charge in [-0.15, -0.1) is 0 Å². The molecule has 0 aromatic heterocycles.